The van der Waals surface area contributed by atoms with E-state index < -0.39 is 11.8 Å². The smallest absolute Gasteiger partial charge is 0.246 e. The molecule has 1 fully saturated rings. The van der Waals surface area contributed by atoms with Crippen LogP contribution in [0.15, 0.2) is 30.5 Å². The second-order valence-corrected chi connectivity index (χ2v) is 7.74. The SMILES string of the molecule is Cc1ncc([CH]C(F)F)cc1-c1ccc2c(c1)N1CCOC[C@@H]1[C@](C)(C#N)C2. The molecule has 28 heavy (non-hydrogen) atoms. The number of aromatic nitrogens is 1. The van der Waals surface area contributed by atoms with Gasteiger partial charge in [0, 0.05) is 29.7 Å². The standard InChI is InChI=1S/C22H22F2N3O/c1-14-18(7-15(11-26-14)8-21(23)24)16-3-4-17-10-22(2,13-25)20-12-28-6-5-27(20)19(17)9-16/h3-4,7-9,11,20-21H,5-6,10,12H2,1-2H3/t20-,22+/m1/s1. The summed E-state index contributed by atoms with van der Waals surface area (Å²) in [6, 6.07) is 10.4. The number of rotatable bonds is 3. The second-order valence-electron chi connectivity index (χ2n) is 7.74. The van der Waals surface area contributed by atoms with Crippen molar-refractivity contribution < 1.29 is 13.5 Å². The topological polar surface area (TPSA) is 49.2 Å². The molecule has 6 heteroatoms. The number of ether oxygens (including phenoxy) is 1. The Labute approximate surface area is 163 Å². The Hall–Kier alpha value is -2.52. The van der Waals surface area contributed by atoms with E-state index in [0.29, 0.717) is 25.2 Å². The minimum absolute atomic E-state index is 0.00623. The van der Waals surface area contributed by atoms with Crippen molar-refractivity contribution in [1.82, 2.24) is 4.98 Å². The van der Waals surface area contributed by atoms with Gasteiger partial charge in [-0.05, 0) is 49.1 Å². The summed E-state index contributed by atoms with van der Waals surface area (Å²) in [5, 5.41) is 9.78. The summed E-state index contributed by atoms with van der Waals surface area (Å²) < 4.78 is 31.1. The van der Waals surface area contributed by atoms with Crippen LogP contribution in [0.4, 0.5) is 14.5 Å². The van der Waals surface area contributed by atoms with Crippen LogP contribution in [0, 0.1) is 30.1 Å². The van der Waals surface area contributed by atoms with E-state index in [2.05, 4.69) is 28.1 Å². The van der Waals surface area contributed by atoms with Crippen molar-refractivity contribution in [2.75, 3.05) is 24.7 Å². The number of benzene rings is 1. The van der Waals surface area contributed by atoms with Gasteiger partial charge in [0.25, 0.3) is 0 Å². The third kappa shape index (κ3) is 3.24. The van der Waals surface area contributed by atoms with Gasteiger partial charge in [-0.25, -0.2) is 8.78 Å². The highest BCUT2D eigenvalue weighted by Gasteiger charge is 2.45. The Bertz CT molecular complexity index is 940. The molecule has 1 aromatic heterocycles. The number of halogens is 2. The summed E-state index contributed by atoms with van der Waals surface area (Å²) in [7, 11) is 0. The molecule has 0 amide bonds. The lowest BCUT2D eigenvalue weighted by atomic mass is 9.73. The first kappa shape index (κ1) is 18.8. The lowest BCUT2D eigenvalue weighted by molar-refractivity contribution is 0.0599. The predicted octanol–water partition coefficient (Wildman–Crippen LogP) is 4.17. The summed E-state index contributed by atoms with van der Waals surface area (Å²) in [5.41, 5.74) is 4.72. The van der Waals surface area contributed by atoms with Gasteiger partial charge in [0.1, 0.15) is 0 Å². The van der Waals surface area contributed by atoms with Gasteiger partial charge in [-0.2, -0.15) is 5.26 Å². The monoisotopic (exact) mass is 382 g/mol. The molecule has 2 aliphatic rings. The van der Waals surface area contributed by atoms with Gasteiger partial charge in [0.05, 0.1) is 37.2 Å². The molecule has 4 nitrogen and oxygen atoms in total. The maximum absolute atomic E-state index is 12.7. The molecule has 2 aliphatic heterocycles. The van der Waals surface area contributed by atoms with Crippen LogP contribution in [-0.2, 0) is 11.2 Å². The van der Waals surface area contributed by atoms with Gasteiger partial charge in [-0.1, -0.05) is 12.1 Å². The zero-order valence-electron chi connectivity index (χ0n) is 16.0. The van der Waals surface area contributed by atoms with Crippen LogP contribution in [0.25, 0.3) is 11.1 Å². The number of hydrogen-bond acceptors (Lipinski definition) is 4. The molecule has 1 aromatic carbocycles. The molecular weight excluding hydrogens is 360 g/mol. The van der Waals surface area contributed by atoms with E-state index >= 15 is 0 Å². The number of fused-ring (bicyclic) bond motifs is 3. The summed E-state index contributed by atoms with van der Waals surface area (Å²) in [4.78, 5) is 6.57. The number of pyridine rings is 1. The Morgan fingerprint density at radius 1 is 1.39 bits per heavy atom. The minimum atomic E-state index is -2.52. The fraction of sp³-hybridized carbons (Fsp3) is 0.409. The van der Waals surface area contributed by atoms with Crippen molar-refractivity contribution in [3.8, 4) is 17.2 Å². The third-order valence-electron chi connectivity index (χ3n) is 5.81. The zero-order chi connectivity index (χ0) is 19.9. The molecule has 4 rings (SSSR count). The largest absolute Gasteiger partial charge is 0.377 e. The summed E-state index contributed by atoms with van der Waals surface area (Å²) in [6.45, 7) is 5.77. The van der Waals surface area contributed by atoms with E-state index in [1.807, 2.05) is 19.9 Å². The van der Waals surface area contributed by atoms with Crippen LogP contribution in [-0.4, -0.2) is 37.2 Å². The summed E-state index contributed by atoms with van der Waals surface area (Å²) in [5.74, 6) is 0. The van der Waals surface area contributed by atoms with E-state index in [1.54, 1.807) is 6.07 Å². The van der Waals surface area contributed by atoms with Crippen molar-refractivity contribution in [1.29, 1.82) is 5.26 Å². The van der Waals surface area contributed by atoms with Crippen molar-refractivity contribution in [2.45, 2.75) is 32.7 Å². The number of morpholine rings is 1. The normalized spacial score (nSPS) is 23.9. The van der Waals surface area contributed by atoms with E-state index in [9.17, 15) is 14.0 Å². The predicted molar refractivity (Wildman–Crippen MR) is 103 cm³/mol. The van der Waals surface area contributed by atoms with Crippen LogP contribution in [0.3, 0.4) is 0 Å². The quantitative estimate of drug-likeness (QED) is 0.800. The molecule has 0 saturated carbocycles. The molecule has 0 N–H and O–H groups in total. The molecule has 0 unspecified atom stereocenters. The molecule has 145 valence electrons. The van der Waals surface area contributed by atoms with Crippen molar-refractivity contribution >= 4 is 5.69 Å². The summed E-state index contributed by atoms with van der Waals surface area (Å²) in [6.07, 6.45) is 0.531. The molecule has 1 saturated heterocycles. The molecule has 2 aromatic rings. The number of hydrogen-bond donors (Lipinski definition) is 0. The van der Waals surface area contributed by atoms with E-state index in [4.69, 9.17) is 4.74 Å². The van der Waals surface area contributed by atoms with Gasteiger partial charge < -0.3 is 9.64 Å². The Morgan fingerprint density at radius 3 is 2.96 bits per heavy atom. The lowest BCUT2D eigenvalue weighted by Gasteiger charge is -2.49. The first-order chi connectivity index (χ1) is 13.4. The van der Waals surface area contributed by atoms with Gasteiger partial charge in [-0.3, -0.25) is 4.98 Å². The highest BCUT2D eigenvalue weighted by molar-refractivity contribution is 5.74. The van der Waals surface area contributed by atoms with Crippen LogP contribution < -0.4 is 4.90 Å². The van der Waals surface area contributed by atoms with Gasteiger partial charge in [0.2, 0.25) is 6.43 Å². The molecule has 3 heterocycles. The van der Waals surface area contributed by atoms with Gasteiger partial charge >= 0.3 is 0 Å². The van der Waals surface area contributed by atoms with E-state index in [0.717, 1.165) is 41.0 Å². The van der Waals surface area contributed by atoms with Crippen molar-refractivity contribution in [3.05, 3.63) is 53.7 Å². The summed E-state index contributed by atoms with van der Waals surface area (Å²) >= 11 is 0. The Morgan fingerprint density at radius 2 is 2.21 bits per heavy atom. The van der Waals surface area contributed by atoms with Gasteiger partial charge in [0.15, 0.2) is 0 Å². The highest BCUT2D eigenvalue weighted by Crippen LogP contribution is 2.43. The molecular formula is C22H22F2N3O. The first-order valence-electron chi connectivity index (χ1n) is 9.40. The third-order valence-corrected chi connectivity index (χ3v) is 5.81. The number of anilines is 1. The Balaban J connectivity index is 1.77. The van der Waals surface area contributed by atoms with Crippen LogP contribution >= 0.6 is 0 Å². The number of nitriles is 1. The van der Waals surface area contributed by atoms with Crippen LogP contribution in [0.5, 0.6) is 0 Å². The average Bonchev–Trinajstić information content (AvgIpc) is 2.69. The maximum atomic E-state index is 12.7. The number of aryl methyl sites for hydroxylation is 1. The molecule has 0 aliphatic carbocycles. The zero-order valence-corrected chi connectivity index (χ0v) is 16.0. The lowest BCUT2D eigenvalue weighted by Crippen LogP contribution is -2.57. The minimum Gasteiger partial charge on any atom is -0.377 e. The molecule has 0 spiro atoms. The molecule has 0 bridgehead atoms. The Kier molecular flexibility index (Phi) is 4.80. The maximum Gasteiger partial charge on any atom is 0.246 e. The second kappa shape index (κ2) is 7.14. The van der Waals surface area contributed by atoms with Crippen molar-refractivity contribution in [3.63, 3.8) is 0 Å². The first-order valence-corrected chi connectivity index (χ1v) is 9.40. The molecule has 2 atom stereocenters. The highest BCUT2D eigenvalue weighted by atomic mass is 19.3. The van der Waals surface area contributed by atoms with Crippen LogP contribution in [0.2, 0.25) is 0 Å². The average molecular weight is 382 g/mol. The molecule has 1 radical (unpaired) electrons. The van der Waals surface area contributed by atoms with Crippen LogP contribution in [0.1, 0.15) is 23.7 Å². The number of alkyl halides is 2. The van der Waals surface area contributed by atoms with Gasteiger partial charge in [-0.15, -0.1) is 0 Å². The van der Waals surface area contributed by atoms with E-state index in [-0.39, 0.29) is 6.04 Å². The number of nitrogens with zero attached hydrogens (tertiary/aromatic N) is 3. The van der Waals surface area contributed by atoms with Crippen molar-refractivity contribution in [2.24, 2.45) is 5.41 Å². The fourth-order valence-electron chi connectivity index (χ4n) is 4.27. The fourth-order valence-corrected chi connectivity index (χ4v) is 4.27. The van der Waals surface area contributed by atoms with E-state index in [1.165, 1.54) is 6.20 Å².